The summed E-state index contributed by atoms with van der Waals surface area (Å²) in [6.07, 6.45) is 7.80. The van der Waals surface area contributed by atoms with Crippen molar-refractivity contribution >= 4 is 5.78 Å². The highest BCUT2D eigenvalue weighted by atomic mass is 16.1. The summed E-state index contributed by atoms with van der Waals surface area (Å²) in [6.45, 7) is 8.52. The van der Waals surface area contributed by atoms with Crippen molar-refractivity contribution in [2.75, 3.05) is 0 Å². The molecule has 0 aromatic rings. The molecule has 0 heterocycles. The number of hydrogen-bond donors (Lipinski definition) is 1. The predicted octanol–water partition coefficient (Wildman–Crippen LogP) is 3.55. The lowest BCUT2D eigenvalue weighted by Gasteiger charge is -2.56. The summed E-state index contributed by atoms with van der Waals surface area (Å²) < 4.78 is 0. The van der Waals surface area contributed by atoms with E-state index in [-0.39, 0.29) is 17.0 Å². The maximum Gasteiger partial charge on any atom is 0.155 e. The fraction of sp³-hybridized carbons (Fsp3) is 0.941. The first-order chi connectivity index (χ1) is 8.77. The topological polar surface area (TPSA) is 29.1 Å². The van der Waals surface area contributed by atoms with Gasteiger partial charge in [0.1, 0.15) is 0 Å². The molecular formula is C17H29NO. The van der Waals surface area contributed by atoms with E-state index < -0.39 is 0 Å². The highest BCUT2D eigenvalue weighted by Crippen LogP contribution is 2.60. The van der Waals surface area contributed by atoms with Crippen LogP contribution in [0.15, 0.2) is 0 Å². The van der Waals surface area contributed by atoms with Gasteiger partial charge in [0, 0.05) is 11.0 Å². The zero-order valence-electron chi connectivity index (χ0n) is 13.0. The Morgan fingerprint density at radius 1 is 1.05 bits per heavy atom. The van der Waals surface area contributed by atoms with Gasteiger partial charge < -0.3 is 5.32 Å². The Hall–Kier alpha value is -0.370. The van der Waals surface area contributed by atoms with Crippen LogP contribution in [-0.2, 0) is 4.79 Å². The molecule has 4 aliphatic rings. The van der Waals surface area contributed by atoms with Crippen molar-refractivity contribution in [2.24, 2.45) is 23.2 Å². The molecule has 1 unspecified atom stereocenters. The average molecular weight is 263 g/mol. The molecule has 2 heteroatoms. The molecule has 1 N–H and O–H groups in total. The second-order valence-electron chi connectivity index (χ2n) is 8.68. The van der Waals surface area contributed by atoms with Crippen LogP contribution in [0.25, 0.3) is 0 Å². The van der Waals surface area contributed by atoms with Gasteiger partial charge in [-0.3, -0.25) is 4.79 Å². The second kappa shape index (κ2) is 4.31. The molecule has 4 aliphatic carbocycles. The smallest absolute Gasteiger partial charge is 0.155 e. The van der Waals surface area contributed by atoms with Gasteiger partial charge in [0.15, 0.2) is 5.78 Å². The molecule has 0 amide bonds. The van der Waals surface area contributed by atoms with Crippen LogP contribution in [0.5, 0.6) is 0 Å². The summed E-state index contributed by atoms with van der Waals surface area (Å²) in [7, 11) is 0. The molecule has 0 aliphatic heterocycles. The second-order valence-corrected chi connectivity index (χ2v) is 8.68. The molecule has 2 nitrogen and oxygen atoms in total. The Balaban J connectivity index is 1.76. The molecule has 0 aromatic heterocycles. The standard InChI is InChI=1S/C17H29NO/c1-11(18-16(2,3)4)15(19)17-8-12-5-13(9-17)7-14(6-12)10-17/h11-14,18H,5-10H2,1-4H3. The van der Waals surface area contributed by atoms with Gasteiger partial charge in [-0.2, -0.15) is 0 Å². The van der Waals surface area contributed by atoms with Crippen LogP contribution in [0.2, 0.25) is 0 Å². The van der Waals surface area contributed by atoms with Gasteiger partial charge in [-0.15, -0.1) is 0 Å². The summed E-state index contributed by atoms with van der Waals surface area (Å²) in [5, 5.41) is 3.49. The van der Waals surface area contributed by atoms with E-state index in [1.165, 1.54) is 38.5 Å². The van der Waals surface area contributed by atoms with Gasteiger partial charge in [0.2, 0.25) is 0 Å². The number of hydrogen-bond acceptors (Lipinski definition) is 2. The number of carbonyl (C=O) groups excluding carboxylic acids is 1. The summed E-state index contributed by atoms with van der Waals surface area (Å²) in [5.41, 5.74) is 0.0732. The summed E-state index contributed by atoms with van der Waals surface area (Å²) in [6, 6.07) is 0.0104. The van der Waals surface area contributed by atoms with Crippen molar-refractivity contribution in [2.45, 2.75) is 77.8 Å². The van der Waals surface area contributed by atoms with Crippen molar-refractivity contribution in [1.82, 2.24) is 5.32 Å². The molecule has 4 fully saturated rings. The van der Waals surface area contributed by atoms with Crippen LogP contribution in [0.1, 0.15) is 66.2 Å². The van der Waals surface area contributed by atoms with Crippen molar-refractivity contribution in [3.05, 3.63) is 0 Å². The van der Waals surface area contributed by atoms with E-state index in [2.05, 4.69) is 33.0 Å². The van der Waals surface area contributed by atoms with E-state index in [9.17, 15) is 4.79 Å². The predicted molar refractivity (Wildman–Crippen MR) is 78.0 cm³/mol. The van der Waals surface area contributed by atoms with Crippen LogP contribution in [0, 0.1) is 23.2 Å². The summed E-state index contributed by atoms with van der Waals surface area (Å²) in [4.78, 5) is 13.0. The first kappa shape index (κ1) is 13.6. The van der Waals surface area contributed by atoms with Gasteiger partial charge in [-0.25, -0.2) is 0 Å². The molecule has 0 spiro atoms. The highest BCUT2D eigenvalue weighted by Gasteiger charge is 2.55. The Kier molecular flexibility index (Phi) is 3.09. The first-order valence-corrected chi connectivity index (χ1v) is 8.09. The van der Waals surface area contributed by atoms with E-state index in [4.69, 9.17) is 0 Å². The SMILES string of the molecule is CC(NC(C)(C)C)C(=O)C12CC3CC(CC(C3)C1)C2. The molecule has 0 saturated heterocycles. The van der Waals surface area contributed by atoms with E-state index in [0.29, 0.717) is 5.78 Å². The van der Waals surface area contributed by atoms with Gasteiger partial charge in [0.05, 0.1) is 6.04 Å². The molecule has 19 heavy (non-hydrogen) atoms. The van der Waals surface area contributed by atoms with Crippen molar-refractivity contribution in [3.63, 3.8) is 0 Å². The molecule has 108 valence electrons. The lowest BCUT2D eigenvalue weighted by Crippen LogP contribution is -2.56. The average Bonchev–Trinajstić information content (AvgIpc) is 2.23. The number of ketones is 1. The molecule has 1 atom stereocenters. The fourth-order valence-electron chi connectivity index (χ4n) is 5.59. The molecule has 4 saturated carbocycles. The van der Waals surface area contributed by atoms with Crippen LogP contribution < -0.4 is 5.32 Å². The van der Waals surface area contributed by atoms with Crippen molar-refractivity contribution in [1.29, 1.82) is 0 Å². The zero-order valence-corrected chi connectivity index (χ0v) is 13.0. The zero-order chi connectivity index (χ0) is 13.8. The third-order valence-electron chi connectivity index (χ3n) is 5.60. The summed E-state index contributed by atoms with van der Waals surface area (Å²) in [5.74, 6) is 3.09. The fourth-order valence-corrected chi connectivity index (χ4v) is 5.59. The number of carbonyl (C=O) groups is 1. The summed E-state index contributed by atoms with van der Waals surface area (Å²) >= 11 is 0. The lowest BCUT2D eigenvalue weighted by molar-refractivity contribution is -0.146. The quantitative estimate of drug-likeness (QED) is 0.843. The van der Waals surface area contributed by atoms with E-state index in [0.717, 1.165) is 17.8 Å². The largest absolute Gasteiger partial charge is 0.303 e. The Morgan fingerprint density at radius 2 is 1.47 bits per heavy atom. The number of Topliss-reactive ketones (excluding diaryl/α,β-unsaturated/α-hetero) is 1. The van der Waals surface area contributed by atoms with Gasteiger partial charge in [-0.1, -0.05) is 0 Å². The van der Waals surface area contributed by atoms with Gasteiger partial charge >= 0.3 is 0 Å². The molecule has 4 bridgehead atoms. The van der Waals surface area contributed by atoms with Crippen molar-refractivity contribution < 1.29 is 4.79 Å². The van der Waals surface area contributed by atoms with Crippen LogP contribution in [-0.4, -0.2) is 17.4 Å². The van der Waals surface area contributed by atoms with Crippen LogP contribution >= 0.6 is 0 Å². The number of nitrogens with one attached hydrogen (secondary N) is 1. The van der Waals surface area contributed by atoms with Crippen LogP contribution in [0.3, 0.4) is 0 Å². The molecular weight excluding hydrogens is 234 g/mol. The Morgan fingerprint density at radius 3 is 1.84 bits per heavy atom. The minimum atomic E-state index is 0.0104. The third-order valence-corrected chi connectivity index (χ3v) is 5.60. The van der Waals surface area contributed by atoms with Crippen molar-refractivity contribution in [3.8, 4) is 0 Å². The van der Waals surface area contributed by atoms with Crippen LogP contribution in [0.4, 0.5) is 0 Å². The van der Waals surface area contributed by atoms with E-state index in [1.807, 2.05) is 0 Å². The highest BCUT2D eigenvalue weighted by molar-refractivity contribution is 5.90. The maximum atomic E-state index is 13.0. The lowest BCUT2D eigenvalue weighted by atomic mass is 9.48. The minimum Gasteiger partial charge on any atom is -0.303 e. The molecule has 0 aromatic carbocycles. The molecule has 0 radical (unpaired) electrons. The van der Waals surface area contributed by atoms with Gasteiger partial charge in [0.25, 0.3) is 0 Å². The Labute approximate surface area is 117 Å². The Bertz CT molecular complexity index is 344. The number of rotatable bonds is 3. The van der Waals surface area contributed by atoms with Gasteiger partial charge in [-0.05, 0) is 84.0 Å². The normalized spacial score (nSPS) is 42.4. The minimum absolute atomic E-state index is 0.0104. The maximum absolute atomic E-state index is 13.0. The van der Waals surface area contributed by atoms with E-state index in [1.54, 1.807) is 0 Å². The monoisotopic (exact) mass is 263 g/mol. The van der Waals surface area contributed by atoms with E-state index >= 15 is 0 Å². The first-order valence-electron chi connectivity index (χ1n) is 8.09. The third kappa shape index (κ3) is 2.49. The molecule has 4 rings (SSSR count).